The molecule has 144 valence electrons. The minimum absolute atomic E-state index is 0.273. The van der Waals surface area contributed by atoms with Gasteiger partial charge in [0.05, 0.1) is 7.11 Å². The van der Waals surface area contributed by atoms with Crippen LogP contribution < -0.4 is 15.4 Å². The third-order valence-corrected chi connectivity index (χ3v) is 4.64. The van der Waals surface area contributed by atoms with Crippen LogP contribution in [0, 0.1) is 13.8 Å². The minimum atomic E-state index is -0.323. The van der Waals surface area contributed by atoms with Crippen molar-refractivity contribution in [2.24, 2.45) is 0 Å². The van der Waals surface area contributed by atoms with Crippen LogP contribution in [0.3, 0.4) is 0 Å². The number of ether oxygens (including phenoxy) is 1. The fourth-order valence-electron chi connectivity index (χ4n) is 2.72. The Morgan fingerprint density at radius 2 is 1.89 bits per heavy atom. The van der Waals surface area contributed by atoms with E-state index in [4.69, 9.17) is 16.3 Å². The lowest BCUT2D eigenvalue weighted by atomic mass is 10.2. The summed E-state index contributed by atoms with van der Waals surface area (Å²) in [6.45, 7) is 4.14. The lowest BCUT2D eigenvalue weighted by Crippen LogP contribution is -2.17. The van der Waals surface area contributed by atoms with Crippen molar-refractivity contribution in [3.05, 3.63) is 76.1 Å². The van der Waals surface area contributed by atoms with Crippen LogP contribution in [0.4, 0.5) is 11.6 Å². The molecule has 2 aromatic carbocycles. The molecule has 0 atom stereocenters. The van der Waals surface area contributed by atoms with Crippen LogP contribution in [0.25, 0.3) is 0 Å². The van der Waals surface area contributed by atoms with Gasteiger partial charge < -0.3 is 15.4 Å². The van der Waals surface area contributed by atoms with Gasteiger partial charge in [-0.2, -0.15) is 0 Å². The quantitative estimate of drug-likeness (QED) is 0.635. The standard InChI is InChI=1S/C21H21ClN4O2/c1-13-11-18(20(27)25-17-9-6-8-16(22)14(17)2)26-21(24-13)23-12-15-7-4-5-10-19(15)28-3/h4-11H,12H2,1-3H3,(H,25,27)(H,23,24,26). The molecule has 0 saturated heterocycles. The summed E-state index contributed by atoms with van der Waals surface area (Å²) < 4.78 is 5.35. The lowest BCUT2D eigenvalue weighted by Gasteiger charge is -2.12. The zero-order valence-electron chi connectivity index (χ0n) is 15.9. The number of carbonyl (C=O) groups excluding carboxylic acids is 1. The molecular formula is C21H21ClN4O2. The molecule has 0 radical (unpaired) electrons. The van der Waals surface area contributed by atoms with Gasteiger partial charge in [0.25, 0.3) is 5.91 Å². The Morgan fingerprint density at radius 3 is 2.68 bits per heavy atom. The number of methoxy groups -OCH3 is 1. The van der Waals surface area contributed by atoms with Crippen molar-refractivity contribution >= 4 is 29.1 Å². The first-order valence-electron chi connectivity index (χ1n) is 8.76. The average Bonchev–Trinajstić information content (AvgIpc) is 2.69. The molecule has 6 nitrogen and oxygen atoms in total. The minimum Gasteiger partial charge on any atom is -0.496 e. The number of para-hydroxylation sites is 1. The molecule has 2 N–H and O–H groups in total. The lowest BCUT2D eigenvalue weighted by molar-refractivity contribution is 0.102. The number of aryl methyl sites for hydroxylation is 1. The molecule has 3 rings (SSSR count). The van der Waals surface area contributed by atoms with Crippen LogP contribution in [0.1, 0.15) is 27.3 Å². The van der Waals surface area contributed by atoms with E-state index in [-0.39, 0.29) is 11.6 Å². The predicted molar refractivity (Wildman–Crippen MR) is 111 cm³/mol. The first-order valence-corrected chi connectivity index (χ1v) is 9.13. The van der Waals surface area contributed by atoms with Gasteiger partial charge in [0.2, 0.25) is 5.95 Å². The fourth-order valence-corrected chi connectivity index (χ4v) is 2.89. The number of benzene rings is 2. The number of nitrogens with zero attached hydrogens (tertiary/aromatic N) is 2. The second-order valence-corrected chi connectivity index (χ2v) is 6.66. The van der Waals surface area contributed by atoms with Gasteiger partial charge in [-0.25, -0.2) is 9.97 Å². The smallest absolute Gasteiger partial charge is 0.274 e. The van der Waals surface area contributed by atoms with E-state index in [1.165, 1.54) is 0 Å². The third-order valence-electron chi connectivity index (χ3n) is 4.23. The number of halogens is 1. The maximum absolute atomic E-state index is 12.7. The molecule has 0 aliphatic carbocycles. The molecule has 0 spiro atoms. The number of aromatic nitrogens is 2. The summed E-state index contributed by atoms with van der Waals surface area (Å²) in [6, 6.07) is 14.7. The van der Waals surface area contributed by atoms with Crippen molar-refractivity contribution < 1.29 is 9.53 Å². The van der Waals surface area contributed by atoms with Crippen molar-refractivity contribution in [2.75, 3.05) is 17.7 Å². The van der Waals surface area contributed by atoms with Gasteiger partial charge in [0.1, 0.15) is 11.4 Å². The van der Waals surface area contributed by atoms with Gasteiger partial charge in [0.15, 0.2) is 0 Å². The highest BCUT2D eigenvalue weighted by Gasteiger charge is 2.13. The van der Waals surface area contributed by atoms with E-state index in [2.05, 4.69) is 20.6 Å². The maximum Gasteiger partial charge on any atom is 0.274 e. The van der Waals surface area contributed by atoms with Crippen LogP contribution in [-0.4, -0.2) is 23.0 Å². The van der Waals surface area contributed by atoms with Crippen LogP contribution in [0.2, 0.25) is 5.02 Å². The van der Waals surface area contributed by atoms with Crippen molar-refractivity contribution in [3.63, 3.8) is 0 Å². The van der Waals surface area contributed by atoms with E-state index in [9.17, 15) is 4.79 Å². The molecule has 0 saturated carbocycles. The zero-order valence-corrected chi connectivity index (χ0v) is 16.7. The van der Waals surface area contributed by atoms with Crippen molar-refractivity contribution in [1.29, 1.82) is 0 Å². The summed E-state index contributed by atoms with van der Waals surface area (Å²) in [7, 11) is 1.63. The van der Waals surface area contributed by atoms with Gasteiger partial charge in [-0.15, -0.1) is 0 Å². The average molecular weight is 397 g/mol. The number of hydrogen-bond acceptors (Lipinski definition) is 5. The number of rotatable bonds is 6. The molecule has 1 amide bonds. The third kappa shape index (κ3) is 4.58. The van der Waals surface area contributed by atoms with E-state index >= 15 is 0 Å². The summed E-state index contributed by atoms with van der Waals surface area (Å²) in [5, 5.41) is 6.60. The second kappa shape index (κ2) is 8.71. The number of hydrogen-bond donors (Lipinski definition) is 2. The van der Waals surface area contributed by atoms with Crippen molar-refractivity contribution in [2.45, 2.75) is 20.4 Å². The molecule has 1 heterocycles. The Hall–Kier alpha value is -3.12. The molecule has 0 aliphatic heterocycles. The van der Waals surface area contributed by atoms with Gasteiger partial charge in [-0.3, -0.25) is 4.79 Å². The van der Waals surface area contributed by atoms with Gasteiger partial charge in [-0.05, 0) is 43.7 Å². The van der Waals surface area contributed by atoms with Crippen LogP contribution in [-0.2, 0) is 6.54 Å². The molecule has 28 heavy (non-hydrogen) atoms. The maximum atomic E-state index is 12.7. The number of amides is 1. The van der Waals surface area contributed by atoms with E-state index in [1.54, 1.807) is 31.4 Å². The highest BCUT2D eigenvalue weighted by atomic mass is 35.5. The highest BCUT2D eigenvalue weighted by Crippen LogP contribution is 2.23. The van der Waals surface area contributed by atoms with E-state index in [0.29, 0.717) is 28.9 Å². The van der Waals surface area contributed by atoms with Gasteiger partial charge in [0, 0.05) is 28.5 Å². The Bertz CT molecular complexity index is 1010. The molecule has 1 aromatic heterocycles. The zero-order chi connectivity index (χ0) is 20.1. The highest BCUT2D eigenvalue weighted by molar-refractivity contribution is 6.31. The Labute approximate surface area is 168 Å². The van der Waals surface area contributed by atoms with Gasteiger partial charge in [-0.1, -0.05) is 35.9 Å². The first kappa shape index (κ1) is 19.6. The summed E-state index contributed by atoms with van der Waals surface area (Å²) >= 11 is 6.12. The molecule has 3 aromatic rings. The number of anilines is 2. The first-order chi connectivity index (χ1) is 13.5. The molecule has 0 fully saturated rings. The Kier molecular flexibility index (Phi) is 6.11. The summed E-state index contributed by atoms with van der Waals surface area (Å²) in [5.74, 6) is 0.826. The number of nitrogens with one attached hydrogen (secondary N) is 2. The van der Waals surface area contributed by atoms with Crippen LogP contribution >= 0.6 is 11.6 Å². The van der Waals surface area contributed by atoms with E-state index in [0.717, 1.165) is 16.9 Å². The van der Waals surface area contributed by atoms with Crippen molar-refractivity contribution in [1.82, 2.24) is 9.97 Å². The summed E-state index contributed by atoms with van der Waals surface area (Å²) in [5.41, 5.74) is 3.38. The Balaban J connectivity index is 1.77. The van der Waals surface area contributed by atoms with Crippen molar-refractivity contribution in [3.8, 4) is 5.75 Å². The topological polar surface area (TPSA) is 76.1 Å². The molecule has 7 heteroatoms. The molecule has 0 aliphatic rings. The number of carbonyl (C=O) groups is 1. The van der Waals surface area contributed by atoms with E-state index < -0.39 is 0 Å². The summed E-state index contributed by atoms with van der Waals surface area (Å²) in [6.07, 6.45) is 0. The monoisotopic (exact) mass is 396 g/mol. The normalized spacial score (nSPS) is 10.4. The van der Waals surface area contributed by atoms with Gasteiger partial charge >= 0.3 is 0 Å². The van der Waals surface area contributed by atoms with Crippen LogP contribution in [0.15, 0.2) is 48.5 Å². The summed E-state index contributed by atoms with van der Waals surface area (Å²) in [4.78, 5) is 21.4. The van der Waals surface area contributed by atoms with Crippen LogP contribution in [0.5, 0.6) is 5.75 Å². The molecule has 0 bridgehead atoms. The Morgan fingerprint density at radius 1 is 1.11 bits per heavy atom. The fraction of sp³-hybridized carbons (Fsp3) is 0.190. The molecular weight excluding hydrogens is 376 g/mol. The largest absolute Gasteiger partial charge is 0.496 e. The molecule has 0 unspecified atom stereocenters. The second-order valence-electron chi connectivity index (χ2n) is 6.25. The SMILES string of the molecule is COc1ccccc1CNc1nc(C)cc(C(=O)Nc2cccc(Cl)c2C)n1. The predicted octanol–water partition coefficient (Wildman–Crippen LogP) is 4.62. The van der Waals surface area contributed by atoms with E-state index in [1.807, 2.05) is 38.1 Å².